The molecular formula is C15H12N8. The minimum atomic E-state index is 0.433. The van der Waals surface area contributed by atoms with Gasteiger partial charge in [-0.05, 0) is 12.1 Å². The largest absolute Gasteiger partial charge is 0.382 e. The van der Waals surface area contributed by atoms with Crippen LogP contribution >= 0.6 is 0 Å². The van der Waals surface area contributed by atoms with Crippen molar-refractivity contribution in [3.05, 3.63) is 49.4 Å². The molecule has 112 valence electrons. The van der Waals surface area contributed by atoms with Gasteiger partial charge in [0.05, 0.1) is 23.7 Å². The molecule has 0 unspecified atom stereocenters. The Kier molecular flexibility index (Phi) is 3.05. The van der Waals surface area contributed by atoms with E-state index in [0.29, 0.717) is 17.0 Å². The molecule has 4 aromatic heterocycles. The number of nitrogens with one attached hydrogen (secondary N) is 2. The van der Waals surface area contributed by atoms with E-state index in [-0.39, 0.29) is 0 Å². The van der Waals surface area contributed by atoms with Crippen LogP contribution < -0.4 is 5.73 Å². The molecule has 8 nitrogen and oxygen atoms in total. The summed E-state index contributed by atoms with van der Waals surface area (Å²) in [4.78, 5) is 26.0. The molecule has 5 aromatic rings. The first-order chi connectivity index (χ1) is 11.3. The van der Waals surface area contributed by atoms with Gasteiger partial charge in [-0.25, -0.2) is 19.9 Å². The summed E-state index contributed by atoms with van der Waals surface area (Å²) in [7, 11) is 0. The van der Waals surface area contributed by atoms with Gasteiger partial charge in [0.25, 0.3) is 0 Å². The summed E-state index contributed by atoms with van der Waals surface area (Å²) in [5.41, 5.74) is 9.71. The predicted molar refractivity (Wildman–Crippen MR) is 87.5 cm³/mol. The normalized spacial score (nSPS) is 10.8. The number of pyridine rings is 1. The molecule has 0 radical (unpaired) electrons. The maximum Gasteiger partial charge on any atom is 0.182 e. The van der Waals surface area contributed by atoms with E-state index >= 15 is 0 Å². The molecule has 1 aromatic carbocycles. The molecule has 4 heterocycles. The van der Waals surface area contributed by atoms with Gasteiger partial charge in [-0.1, -0.05) is 12.1 Å². The van der Waals surface area contributed by atoms with Crippen LogP contribution in [0.5, 0.6) is 0 Å². The number of hydrogen-bond acceptors (Lipinski definition) is 6. The number of aromatic amines is 2. The zero-order valence-corrected chi connectivity index (χ0v) is 11.9. The highest BCUT2D eigenvalue weighted by Gasteiger charge is 2.01. The van der Waals surface area contributed by atoms with Crippen molar-refractivity contribution in [1.82, 2.24) is 34.9 Å². The number of imidazole rings is 2. The van der Waals surface area contributed by atoms with Gasteiger partial charge in [0, 0.05) is 11.6 Å². The van der Waals surface area contributed by atoms with E-state index in [1.807, 2.05) is 24.3 Å². The second kappa shape index (κ2) is 5.34. The van der Waals surface area contributed by atoms with Gasteiger partial charge in [0.1, 0.15) is 17.4 Å². The molecule has 8 heteroatoms. The number of hydrogen-bond donors (Lipinski definition) is 3. The highest BCUT2D eigenvalue weighted by atomic mass is 15.0. The first-order valence-corrected chi connectivity index (χ1v) is 6.89. The van der Waals surface area contributed by atoms with E-state index in [0.717, 1.165) is 21.9 Å². The summed E-state index contributed by atoms with van der Waals surface area (Å²) in [5, 5.41) is 1.13. The molecule has 0 aliphatic carbocycles. The molecule has 0 aliphatic rings. The van der Waals surface area contributed by atoms with Crippen LogP contribution in [0.2, 0.25) is 0 Å². The third-order valence-corrected chi connectivity index (χ3v) is 3.41. The van der Waals surface area contributed by atoms with Gasteiger partial charge in [-0.2, -0.15) is 0 Å². The van der Waals surface area contributed by atoms with E-state index in [2.05, 4.69) is 34.9 Å². The maximum absolute atomic E-state index is 5.48. The fourth-order valence-corrected chi connectivity index (χ4v) is 2.33. The Bertz CT molecular complexity index is 1090. The zero-order chi connectivity index (χ0) is 15.6. The maximum atomic E-state index is 5.48. The lowest BCUT2D eigenvalue weighted by molar-refractivity contribution is 1.21. The molecule has 5 rings (SSSR count). The molecule has 0 saturated heterocycles. The average molecular weight is 304 g/mol. The quantitative estimate of drug-likeness (QED) is 0.402. The van der Waals surface area contributed by atoms with E-state index in [9.17, 15) is 0 Å². The lowest BCUT2D eigenvalue weighted by Crippen LogP contribution is -1.91. The summed E-state index contributed by atoms with van der Waals surface area (Å²) in [6.07, 6.45) is 6.41. The number of nitrogen functional groups attached to an aromatic ring is 1. The summed E-state index contributed by atoms with van der Waals surface area (Å²) in [6.45, 7) is 0. The topological polar surface area (TPSA) is 122 Å². The number of nitrogens with two attached hydrogens (primary N) is 1. The van der Waals surface area contributed by atoms with Crippen molar-refractivity contribution in [3.8, 4) is 0 Å². The van der Waals surface area contributed by atoms with Gasteiger partial charge in [-0.3, -0.25) is 4.98 Å². The van der Waals surface area contributed by atoms with Gasteiger partial charge >= 0.3 is 0 Å². The van der Waals surface area contributed by atoms with Crippen LogP contribution in [0.15, 0.2) is 49.4 Å². The minimum absolute atomic E-state index is 0.433. The predicted octanol–water partition coefficient (Wildman–Crippen LogP) is 2.05. The van der Waals surface area contributed by atoms with E-state index in [1.165, 1.54) is 12.7 Å². The highest BCUT2D eigenvalue weighted by molar-refractivity contribution is 6.01. The Morgan fingerprint density at radius 2 is 1.74 bits per heavy atom. The fraction of sp³-hybridized carbons (Fsp3) is 0. The molecule has 0 aliphatic heterocycles. The summed E-state index contributed by atoms with van der Waals surface area (Å²) in [6, 6.07) is 8.03. The second-order valence-electron chi connectivity index (χ2n) is 4.80. The molecule has 0 saturated carbocycles. The Balaban J connectivity index is 0.000000122. The first kappa shape index (κ1) is 13.1. The highest BCUT2D eigenvalue weighted by Crippen LogP contribution is 2.19. The summed E-state index contributed by atoms with van der Waals surface area (Å²) < 4.78 is 0. The smallest absolute Gasteiger partial charge is 0.182 e. The van der Waals surface area contributed by atoms with Crippen molar-refractivity contribution in [2.24, 2.45) is 0 Å². The lowest BCUT2D eigenvalue weighted by Gasteiger charge is -1.95. The molecule has 0 spiro atoms. The van der Waals surface area contributed by atoms with Crippen molar-refractivity contribution in [1.29, 1.82) is 0 Å². The van der Waals surface area contributed by atoms with Crippen LogP contribution in [-0.4, -0.2) is 34.9 Å². The Hall–Kier alpha value is -3.55. The molecule has 0 bridgehead atoms. The van der Waals surface area contributed by atoms with Crippen LogP contribution in [0.3, 0.4) is 0 Å². The van der Waals surface area contributed by atoms with Crippen LogP contribution in [-0.2, 0) is 0 Å². The van der Waals surface area contributed by atoms with Gasteiger partial charge < -0.3 is 15.7 Å². The number of fused-ring (bicyclic) bond motifs is 4. The van der Waals surface area contributed by atoms with Gasteiger partial charge in [0.15, 0.2) is 11.5 Å². The number of aromatic nitrogens is 7. The van der Waals surface area contributed by atoms with Crippen molar-refractivity contribution >= 4 is 38.9 Å². The van der Waals surface area contributed by atoms with Crippen LogP contribution in [0.1, 0.15) is 0 Å². The van der Waals surface area contributed by atoms with Crippen molar-refractivity contribution in [2.45, 2.75) is 0 Å². The standard InChI is InChI=1S/C10H7N3.C5H5N5/c1-2-7-3-4-8-10(13-6-12-8)9(7)11-5-1;6-4-3-5(9-1-7-3)10-2-8-4/h1-6H,(H,12,13);1-2H,(H3,6,7,8,9,10). The van der Waals surface area contributed by atoms with Crippen molar-refractivity contribution in [3.63, 3.8) is 0 Å². The molecule has 0 amide bonds. The molecule has 23 heavy (non-hydrogen) atoms. The Morgan fingerprint density at radius 1 is 0.826 bits per heavy atom. The van der Waals surface area contributed by atoms with Crippen LogP contribution in [0.25, 0.3) is 33.1 Å². The monoisotopic (exact) mass is 304 g/mol. The van der Waals surface area contributed by atoms with Crippen molar-refractivity contribution < 1.29 is 0 Å². The molecule has 0 fully saturated rings. The number of H-pyrrole nitrogens is 2. The minimum Gasteiger partial charge on any atom is -0.382 e. The summed E-state index contributed by atoms with van der Waals surface area (Å²) in [5.74, 6) is 0.433. The van der Waals surface area contributed by atoms with E-state index < -0.39 is 0 Å². The number of nitrogens with zero attached hydrogens (tertiary/aromatic N) is 5. The van der Waals surface area contributed by atoms with E-state index in [1.54, 1.807) is 12.5 Å². The Labute approximate surface area is 129 Å². The number of anilines is 1. The number of rotatable bonds is 0. The van der Waals surface area contributed by atoms with Crippen molar-refractivity contribution in [2.75, 3.05) is 5.73 Å². The van der Waals surface area contributed by atoms with Gasteiger partial charge in [-0.15, -0.1) is 0 Å². The third kappa shape index (κ3) is 2.31. The van der Waals surface area contributed by atoms with E-state index in [4.69, 9.17) is 5.73 Å². The third-order valence-electron chi connectivity index (χ3n) is 3.41. The molecular weight excluding hydrogens is 292 g/mol. The zero-order valence-electron chi connectivity index (χ0n) is 11.9. The first-order valence-electron chi connectivity index (χ1n) is 6.89. The second-order valence-corrected chi connectivity index (χ2v) is 4.80. The SMILES string of the molecule is Nc1ncnc2nc[nH]c12.c1cnc2c(c1)ccc1[nH]cnc12. The Morgan fingerprint density at radius 3 is 2.65 bits per heavy atom. The van der Waals surface area contributed by atoms with Crippen LogP contribution in [0, 0.1) is 0 Å². The molecule has 0 atom stereocenters. The molecule has 4 N–H and O–H groups in total. The summed E-state index contributed by atoms with van der Waals surface area (Å²) >= 11 is 0. The average Bonchev–Trinajstić information content (AvgIpc) is 3.25. The fourth-order valence-electron chi connectivity index (χ4n) is 2.33. The number of benzene rings is 1. The lowest BCUT2D eigenvalue weighted by atomic mass is 10.2. The van der Waals surface area contributed by atoms with Crippen LogP contribution in [0.4, 0.5) is 5.82 Å². The van der Waals surface area contributed by atoms with Gasteiger partial charge in [0.2, 0.25) is 0 Å².